The van der Waals surface area contributed by atoms with Crippen molar-refractivity contribution in [1.82, 2.24) is 0 Å². The summed E-state index contributed by atoms with van der Waals surface area (Å²) in [4.78, 5) is 0. The summed E-state index contributed by atoms with van der Waals surface area (Å²) in [6.07, 6.45) is 8.44. The van der Waals surface area contributed by atoms with Gasteiger partial charge in [0.1, 0.15) is 0 Å². The average Bonchev–Trinajstić information content (AvgIpc) is 2.71. The Morgan fingerprint density at radius 2 is 1.62 bits per heavy atom. The maximum Gasteiger partial charge on any atom is 0.0336 e. The lowest BCUT2D eigenvalue weighted by molar-refractivity contribution is 1.46. The van der Waals surface area contributed by atoms with Crippen LogP contribution in [-0.4, -0.2) is 5.66 Å². The quantitative estimate of drug-likeness (QED) is 0.653. The molecule has 0 saturated carbocycles. The molecule has 0 spiro atoms. The fraction of sp³-hybridized carbons (Fsp3) is 0.0909. The van der Waals surface area contributed by atoms with Crippen molar-refractivity contribution in [2.75, 3.05) is 0 Å². The van der Waals surface area contributed by atoms with Gasteiger partial charge in [0.15, 0.2) is 0 Å². The van der Waals surface area contributed by atoms with Crippen LogP contribution in [0.25, 0.3) is 0 Å². The molecule has 0 N–H and O–H groups in total. The molecule has 1 atom stereocenters. The molecular weight excluding hydrogens is 199 g/mol. The maximum absolute atomic E-state index is 6.37. The minimum atomic E-state index is -0.578. The summed E-state index contributed by atoms with van der Waals surface area (Å²) in [6.45, 7) is 0. The first kappa shape index (κ1) is 8.99. The van der Waals surface area contributed by atoms with Crippen molar-refractivity contribution in [3.05, 3.63) is 54.6 Å². The summed E-state index contributed by atoms with van der Waals surface area (Å²) < 4.78 is 0. The van der Waals surface area contributed by atoms with E-state index in [1.165, 1.54) is 5.30 Å². The maximum atomic E-state index is 6.37. The molecule has 1 aromatic rings. The third-order valence-corrected chi connectivity index (χ3v) is 4.91. The Morgan fingerprint density at radius 3 is 2.23 bits per heavy atom. The number of benzene rings is 1. The Kier molecular flexibility index (Phi) is 2.83. The standard InChI is InChI=1S/C11H10ClP/c12-13(11-8-4-5-9-11)10-6-2-1-3-7-10/h1-9,11H. The van der Waals surface area contributed by atoms with Crippen LogP contribution in [-0.2, 0) is 0 Å². The predicted molar refractivity (Wildman–Crippen MR) is 60.9 cm³/mol. The van der Waals surface area contributed by atoms with Crippen LogP contribution in [0.1, 0.15) is 0 Å². The molecule has 0 heterocycles. The molecule has 13 heavy (non-hydrogen) atoms. The van der Waals surface area contributed by atoms with Gasteiger partial charge in [0.2, 0.25) is 0 Å². The summed E-state index contributed by atoms with van der Waals surface area (Å²) in [6, 6.07) is 10.3. The zero-order valence-corrected chi connectivity index (χ0v) is 8.75. The van der Waals surface area contributed by atoms with E-state index in [2.05, 4.69) is 36.4 Å². The summed E-state index contributed by atoms with van der Waals surface area (Å²) in [5, 5.41) is 1.25. The Hall–Kier alpha value is -0.580. The van der Waals surface area contributed by atoms with E-state index in [1.54, 1.807) is 0 Å². The molecule has 0 aliphatic heterocycles. The van der Waals surface area contributed by atoms with E-state index >= 15 is 0 Å². The van der Waals surface area contributed by atoms with Gasteiger partial charge in [-0.1, -0.05) is 65.9 Å². The van der Waals surface area contributed by atoms with Crippen molar-refractivity contribution >= 4 is 23.8 Å². The van der Waals surface area contributed by atoms with E-state index < -0.39 is 7.27 Å². The van der Waals surface area contributed by atoms with Gasteiger partial charge in [0.05, 0.1) is 0 Å². The van der Waals surface area contributed by atoms with Crippen molar-refractivity contribution in [1.29, 1.82) is 0 Å². The number of rotatable bonds is 2. The molecule has 1 aliphatic rings. The van der Waals surface area contributed by atoms with Gasteiger partial charge in [-0.15, -0.1) is 0 Å². The van der Waals surface area contributed by atoms with Crippen LogP contribution >= 0.6 is 18.5 Å². The average molecular weight is 209 g/mol. The van der Waals surface area contributed by atoms with Crippen LogP contribution in [0.2, 0.25) is 0 Å². The minimum absolute atomic E-state index is 0.416. The smallest absolute Gasteiger partial charge is 0.0336 e. The number of allylic oxidation sites excluding steroid dienone is 4. The molecule has 0 fully saturated rings. The summed E-state index contributed by atoms with van der Waals surface area (Å²) in [7, 11) is -0.578. The van der Waals surface area contributed by atoms with Crippen LogP contribution in [0, 0.1) is 0 Å². The van der Waals surface area contributed by atoms with Crippen LogP contribution in [0.3, 0.4) is 0 Å². The molecule has 0 aromatic heterocycles. The van der Waals surface area contributed by atoms with Gasteiger partial charge in [-0.25, -0.2) is 0 Å². The van der Waals surface area contributed by atoms with Crippen LogP contribution in [0.5, 0.6) is 0 Å². The minimum Gasteiger partial charge on any atom is -0.0902 e. The molecule has 0 nitrogen and oxygen atoms in total. The van der Waals surface area contributed by atoms with E-state index in [-0.39, 0.29) is 0 Å². The van der Waals surface area contributed by atoms with Crippen LogP contribution in [0.4, 0.5) is 0 Å². The Morgan fingerprint density at radius 1 is 1.00 bits per heavy atom. The van der Waals surface area contributed by atoms with Crippen molar-refractivity contribution < 1.29 is 0 Å². The lowest BCUT2D eigenvalue weighted by Gasteiger charge is -2.13. The van der Waals surface area contributed by atoms with Crippen LogP contribution in [0.15, 0.2) is 54.6 Å². The number of halogens is 1. The molecule has 0 bridgehead atoms. The van der Waals surface area contributed by atoms with E-state index in [1.807, 2.05) is 18.2 Å². The van der Waals surface area contributed by atoms with Gasteiger partial charge >= 0.3 is 0 Å². The zero-order chi connectivity index (χ0) is 9.10. The van der Waals surface area contributed by atoms with Gasteiger partial charge < -0.3 is 0 Å². The highest BCUT2D eigenvalue weighted by Gasteiger charge is 2.16. The van der Waals surface area contributed by atoms with E-state index in [0.717, 1.165) is 0 Å². The van der Waals surface area contributed by atoms with Crippen LogP contribution < -0.4 is 5.30 Å². The lowest BCUT2D eigenvalue weighted by Crippen LogP contribution is -2.03. The van der Waals surface area contributed by atoms with Gasteiger partial charge in [-0.2, -0.15) is 0 Å². The highest BCUT2D eigenvalue weighted by atomic mass is 35.7. The summed E-state index contributed by atoms with van der Waals surface area (Å²) in [5.41, 5.74) is 0.416. The molecule has 66 valence electrons. The second-order valence-electron chi connectivity index (χ2n) is 2.91. The lowest BCUT2D eigenvalue weighted by atomic mass is 10.4. The largest absolute Gasteiger partial charge is 0.0902 e. The SMILES string of the molecule is ClP(c1ccccc1)C1C=CC=C1. The Bertz CT molecular complexity index is 317. The first-order valence-corrected chi connectivity index (χ1v) is 6.54. The monoisotopic (exact) mass is 208 g/mol. The topological polar surface area (TPSA) is 0 Å². The van der Waals surface area contributed by atoms with Crippen molar-refractivity contribution in [2.45, 2.75) is 5.66 Å². The fourth-order valence-corrected chi connectivity index (χ4v) is 3.34. The number of hydrogen-bond acceptors (Lipinski definition) is 0. The third kappa shape index (κ3) is 2.02. The second-order valence-corrected chi connectivity index (χ2v) is 5.73. The third-order valence-electron chi connectivity index (χ3n) is 1.99. The Balaban J connectivity index is 2.18. The zero-order valence-electron chi connectivity index (χ0n) is 7.10. The molecule has 0 amide bonds. The molecule has 2 heteroatoms. The molecule has 1 unspecified atom stereocenters. The molecule has 0 radical (unpaired) electrons. The molecule has 1 aromatic carbocycles. The molecule has 0 saturated heterocycles. The normalized spacial score (nSPS) is 17.9. The van der Waals surface area contributed by atoms with Gasteiger partial charge in [-0.05, 0) is 5.30 Å². The van der Waals surface area contributed by atoms with E-state index in [0.29, 0.717) is 5.66 Å². The van der Waals surface area contributed by atoms with Crippen molar-refractivity contribution in [3.8, 4) is 0 Å². The Labute approximate surface area is 84.5 Å². The molecule has 1 aliphatic carbocycles. The van der Waals surface area contributed by atoms with E-state index in [4.69, 9.17) is 11.2 Å². The molecule has 2 rings (SSSR count). The fourth-order valence-electron chi connectivity index (χ4n) is 1.31. The van der Waals surface area contributed by atoms with Gasteiger partial charge in [0, 0.05) is 12.9 Å². The highest BCUT2D eigenvalue weighted by Crippen LogP contribution is 2.47. The van der Waals surface area contributed by atoms with Gasteiger partial charge in [0.25, 0.3) is 0 Å². The highest BCUT2D eigenvalue weighted by molar-refractivity contribution is 7.90. The second kappa shape index (κ2) is 4.09. The van der Waals surface area contributed by atoms with Crippen molar-refractivity contribution in [3.63, 3.8) is 0 Å². The van der Waals surface area contributed by atoms with E-state index in [9.17, 15) is 0 Å². The predicted octanol–water partition coefficient (Wildman–Crippen LogP) is 3.44. The summed E-state index contributed by atoms with van der Waals surface area (Å²) in [5.74, 6) is 0. The first-order chi connectivity index (χ1) is 6.38. The molecular formula is C11H10ClP. The first-order valence-electron chi connectivity index (χ1n) is 4.23. The summed E-state index contributed by atoms with van der Waals surface area (Å²) >= 11 is 6.37. The van der Waals surface area contributed by atoms with Gasteiger partial charge in [-0.3, -0.25) is 0 Å². The van der Waals surface area contributed by atoms with Crippen molar-refractivity contribution in [2.24, 2.45) is 0 Å². The number of hydrogen-bond donors (Lipinski definition) is 0.